The topological polar surface area (TPSA) is 101 Å². The largest absolute Gasteiger partial charge is 0.455 e. The molecule has 0 bridgehead atoms. The Kier molecular flexibility index (Phi) is 7.55. The number of hydrogen-bond acceptors (Lipinski definition) is 6. The molecule has 0 unspecified atom stereocenters. The molecular weight excluding hydrogens is 586 g/mol. The van der Waals surface area contributed by atoms with Crippen molar-refractivity contribution in [2.75, 3.05) is 17.5 Å². The van der Waals surface area contributed by atoms with E-state index >= 15 is 0 Å². The molecule has 0 radical (unpaired) electrons. The van der Waals surface area contributed by atoms with Gasteiger partial charge in [-0.3, -0.25) is 9.52 Å². The molecule has 0 spiro atoms. The average Bonchev–Trinajstić information content (AvgIpc) is 3.67. The molecule has 0 saturated heterocycles. The van der Waals surface area contributed by atoms with Crippen LogP contribution in [0.25, 0.3) is 54.4 Å². The molecule has 0 atom stereocenters. The number of aromatic nitrogens is 1. The van der Waals surface area contributed by atoms with E-state index in [4.69, 9.17) is 4.42 Å². The number of halogens is 1. The monoisotopic (exact) mass is 611 g/mol. The van der Waals surface area contributed by atoms with Gasteiger partial charge in [0.05, 0.1) is 21.9 Å². The summed E-state index contributed by atoms with van der Waals surface area (Å²) < 4.78 is 48.0. The maximum absolute atomic E-state index is 13.7. The van der Waals surface area contributed by atoms with E-state index in [1.807, 2.05) is 60.8 Å². The first-order chi connectivity index (χ1) is 20.8. The number of anilines is 1. The van der Waals surface area contributed by atoms with Crippen molar-refractivity contribution < 1.29 is 22.0 Å². The number of sulfonamides is 1. The van der Waals surface area contributed by atoms with Gasteiger partial charge in [0.25, 0.3) is 5.91 Å². The first kappa shape index (κ1) is 28.3. The van der Waals surface area contributed by atoms with Crippen LogP contribution in [-0.4, -0.2) is 32.1 Å². The lowest BCUT2D eigenvalue weighted by Gasteiger charge is -2.13. The van der Waals surface area contributed by atoms with Gasteiger partial charge in [-0.15, -0.1) is 11.3 Å². The minimum Gasteiger partial charge on any atom is -0.455 e. The average molecular weight is 612 g/mol. The number of benzene rings is 4. The second kappa shape index (κ2) is 11.5. The lowest BCUT2D eigenvalue weighted by atomic mass is 9.97. The second-order valence-corrected chi connectivity index (χ2v) is 12.8. The van der Waals surface area contributed by atoms with Crippen LogP contribution in [0.1, 0.15) is 17.3 Å². The number of nitrogens with one attached hydrogen (secondary N) is 2. The Morgan fingerprint density at radius 1 is 0.907 bits per heavy atom. The van der Waals surface area contributed by atoms with Crippen LogP contribution in [0.3, 0.4) is 0 Å². The van der Waals surface area contributed by atoms with Crippen LogP contribution in [0, 0.1) is 5.82 Å². The van der Waals surface area contributed by atoms with Crippen molar-refractivity contribution in [3.63, 3.8) is 0 Å². The molecule has 6 rings (SSSR count). The molecule has 0 aliphatic carbocycles. The Labute approximate surface area is 252 Å². The number of rotatable bonds is 8. The fourth-order valence-electron chi connectivity index (χ4n) is 4.82. The molecule has 0 aliphatic heterocycles. The summed E-state index contributed by atoms with van der Waals surface area (Å²) in [6.07, 6.45) is 1.82. The predicted octanol–water partition coefficient (Wildman–Crippen LogP) is 7.82. The molecule has 0 saturated carbocycles. The van der Waals surface area contributed by atoms with Gasteiger partial charge in [0.15, 0.2) is 0 Å². The first-order valence-corrected chi connectivity index (χ1v) is 15.9. The number of nitrogens with zero attached hydrogens (tertiary/aromatic N) is 1. The van der Waals surface area contributed by atoms with Crippen molar-refractivity contribution >= 4 is 43.9 Å². The van der Waals surface area contributed by atoms with Gasteiger partial charge in [-0.25, -0.2) is 17.8 Å². The molecule has 10 heteroatoms. The van der Waals surface area contributed by atoms with E-state index in [0.717, 1.165) is 26.6 Å². The molecule has 4 aromatic carbocycles. The summed E-state index contributed by atoms with van der Waals surface area (Å²) in [7, 11) is -2.15. The number of thiazole rings is 1. The zero-order valence-electron chi connectivity index (χ0n) is 23.2. The highest BCUT2D eigenvalue weighted by Crippen LogP contribution is 2.41. The minimum absolute atomic E-state index is 0.129. The SMILES string of the molecule is CCS(=O)(=O)Nc1cc2oc(-c3ccc(F)cc3)c(C(=O)NC)c2cc1-c1cccc(-c2cnc(-c3ccccc3)s2)c1. The Balaban J connectivity index is 1.53. The van der Waals surface area contributed by atoms with Crippen LogP contribution in [0.2, 0.25) is 0 Å². The Morgan fingerprint density at radius 2 is 1.63 bits per heavy atom. The smallest absolute Gasteiger partial charge is 0.255 e. The van der Waals surface area contributed by atoms with E-state index in [2.05, 4.69) is 15.0 Å². The lowest BCUT2D eigenvalue weighted by molar-refractivity contribution is 0.0964. The maximum atomic E-state index is 13.7. The standard InChI is InChI=1S/C33H26FN3O4S2/c1-3-43(39,40)37-27-18-28-26(30(32(38)35-2)31(41-28)20-12-14-24(34)15-13-20)17-25(27)22-10-7-11-23(16-22)29-19-36-33(42-29)21-8-5-4-6-9-21/h4-19,37H,3H2,1-2H3,(H,35,38). The number of amides is 1. The van der Waals surface area contributed by atoms with Gasteiger partial charge >= 0.3 is 0 Å². The molecule has 6 aromatic rings. The Bertz CT molecular complexity index is 2070. The Hall–Kier alpha value is -4.80. The van der Waals surface area contributed by atoms with Gasteiger partial charge in [0.1, 0.15) is 22.2 Å². The molecular formula is C33H26FN3O4S2. The summed E-state index contributed by atoms with van der Waals surface area (Å²) >= 11 is 1.56. The van der Waals surface area contributed by atoms with E-state index < -0.39 is 21.7 Å². The van der Waals surface area contributed by atoms with Crippen LogP contribution < -0.4 is 10.0 Å². The van der Waals surface area contributed by atoms with Crippen LogP contribution in [0.4, 0.5) is 10.1 Å². The summed E-state index contributed by atoms with van der Waals surface area (Å²) in [5, 5.41) is 4.04. The van der Waals surface area contributed by atoms with Gasteiger partial charge in [0.2, 0.25) is 10.0 Å². The highest BCUT2D eigenvalue weighted by atomic mass is 32.2. The van der Waals surface area contributed by atoms with E-state index in [-0.39, 0.29) is 17.1 Å². The van der Waals surface area contributed by atoms with Crippen molar-refractivity contribution in [1.29, 1.82) is 0 Å². The van der Waals surface area contributed by atoms with E-state index in [0.29, 0.717) is 27.8 Å². The summed E-state index contributed by atoms with van der Waals surface area (Å²) in [5.74, 6) is -0.687. The fraction of sp³-hybridized carbons (Fsp3) is 0.0909. The van der Waals surface area contributed by atoms with Crippen molar-refractivity contribution in [1.82, 2.24) is 10.3 Å². The number of carbonyl (C=O) groups is 1. The van der Waals surface area contributed by atoms with Crippen molar-refractivity contribution in [2.24, 2.45) is 0 Å². The van der Waals surface area contributed by atoms with Gasteiger partial charge < -0.3 is 9.73 Å². The molecule has 2 heterocycles. The highest BCUT2D eigenvalue weighted by molar-refractivity contribution is 7.92. The molecule has 216 valence electrons. The third kappa shape index (κ3) is 5.67. The van der Waals surface area contributed by atoms with Gasteiger partial charge in [-0.2, -0.15) is 0 Å². The van der Waals surface area contributed by atoms with Crippen molar-refractivity contribution in [3.05, 3.63) is 109 Å². The molecule has 1 amide bonds. The second-order valence-electron chi connectivity index (χ2n) is 9.77. The molecule has 0 aliphatic rings. The minimum atomic E-state index is -3.66. The molecule has 2 aromatic heterocycles. The molecule has 2 N–H and O–H groups in total. The van der Waals surface area contributed by atoms with Gasteiger partial charge in [-0.05, 0) is 54.4 Å². The fourth-order valence-corrected chi connectivity index (χ4v) is 6.39. The van der Waals surface area contributed by atoms with Crippen molar-refractivity contribution in [3.8, 4) is 43.5 Å². The normalized spacial score (nSPS) is 11.5. The zero-order chi connectivity index (χ0) is 30.1. The third-order valence-corrected chi connectivity index (χ3v) is 9.41. The molecule has 43 heavy (non-hydrogen) atoms. The maximum Gasteiger partial charge on any atom is 0.255 e. The van der Waals surface area contributed by atoms with Crippen LogP contribution in [-0.2, 0) is 10.0 Å². The number of carbonyl (C=O) groups excluding carboxylic acids is 1. The number of fused-ring (bicyclic) bond motifs is 1. The van der Waals surface area contributed by atoms with E-state index in [9.17, 15) is 17.6 Å². The third-order valence-electron chi connectivity index (χ3n) is 7.02. The molecule has 0 fully saturated rings. The van der Waals surface area contributed by atoms with Crippen LogP contribution in [0.5, 0.6) is 0 Å². The summed E-state index contributed by atoms with van der Waals surface area (Å²) in [5.41, 5.74) is 4.62. The summed E-state index contributed by atoms with van der Waals surface area (Å²) in [6.45, 7) is 1.55. The van der Waals surface area contributed by atoms with Gasteiger partial charge in [-0.1, -0.05) is 48.5 Å². The number of furan rings is 1. The zero-order valence-corrected chi connectivity index (χ0v) is 24.9. The van der Waals surface area contributed by atoms with Gasteiger partial charge in [0, 0.05) is 41.4 Å². The first-order valence-electron chi connectivity index (χ1n) is 13.5. The van der Waals surface area contributed by atoms with Crippen molar-refractivity contribution in [2.45, 2.75) is 6.92 Å². The molecule has 7 nitrogen and oxygen atoms in total. The summed E-state index contributed by atoms with van der Waals surface area (Å²) in [6, 6.07) is 26.6. The van der Waals surface area contributed by atoms with Crippen LogP contribution in [0.15, 0.2) is 102 Å². The quantitative estimate of drug-likeness (QED) is 0.183. The van der Waals surface area contributed by atoms with Crippen LogP contribution >= 0.6 is 11.3 Å². The summed E-state index contributed by atoms with van der Waals surface area (Å²) in [4.78, 5) is 18.7. The lowest BCUT2D eigenvalue weighted by Crippen LogP contribution is -2.18. The van der Waals surface area contributed by atoms with E-state index in [1.165, 1.54) is 31.3 Å². The predicted molar refractivity (Wildman–Crippen MR) is 170 cm³/mol. The highest BCUT2D eigenvalue weighted by Gasteiger charge is 2.24. The van der Waals surface area contributed by atoms with E-state index in [1.54, 1.807) is 30.4 Å². The number of hydrogen-bond donors (Lipinski definition) is 2. The Morgan fingerprint density at radius 3 is 2.35 bits per heavy atom.